The van der Waals surface area contributed by atoms with Crippen molar-refractivity contribution in [2.75, 3.05) is 39.1 Å². The van der Waals surface area contributed by atoms with E-state index in [2.05, 4.69) is 41.0 Å². The average Bonchev–Trinajstić information content (AvgIpc) is 3.13. The van der Waals surface area contributed by atoms with Gasteiger partial charge < -0.3 is 14.2 Å². The molecule has 0 aliphatic rings. The van der Waals surface area contributed by atoms with E-state index in [1.54, 1.807) is 12.5 Å². The molecule has 21 heavy (non-hydrogen) atoms. The lowest BCUT2D eigenvalue weighted by Gasteiger charge is -2.22. The van der Waals surface area contributed by atoms with Crippen LogP contribution in [0.25, 0.3) is 17.1 Å². The predicted octanol–water partition coefficient (Wildman–Crippen LogP) is 1.99. The molecule has 6 heteroatoms. The highest BCUT2D eigenvalue weighted by Crippen LogP contribution is 2.24. The summed E-state index contributed by atoms with van der Waals surface area (Å²) in [5.74, 6) is 1.76. The van der Waals surface area contributed by atoms with Gasteiger partial charge in [0.15, 0.2) is 11.4 Å². The number of fused-ring (bicyclic) bond motifs is 1. The number of nitrogens with zero attached hydrogens (tertiary/aromatic N) is 5. The van der Waals surface area contributed by atoms with Gasteiger partial charge in [-0.15, -0.1) is 0 Å². The number of aromatic nitrogens is 3. The highest BCUT2D eigenvalue weighted by molar-refractivity contribution is 5.63. The van der Waals surface area contributed by atoms with E-state index in [-0.39, 0.29) is 0 Å². The van der Waals surface area contributed by atoms with Gasteiger partial charge in [0.05, 0.1) is 12.5 Å². The topological polar surface area (TPSA) is 49.8 Å². The third-order valence-electron chi connectivity index (χ3n) is 3.39. The Morgan fingerprint density at radius 3 is 2.76 bits per heavy atom. The third kappa shape index (κ3) is 2.75. The maximum atomic E-state index is 5.46. The first kappa shape index (κ1) is 13.6. The van der Waals surface area contributed by atoms with Crippen molar-refractivity contribution in [3.8, 4) is 11.5 Å². The van der Waals surface area contributed by atoms with Gasteiger partial charge in [0.25, 0.3) is 0 Å². The predicted molar refractivity (Wildman–Crippen MR) is 82.5 cm³/mol. The van der Waals surface area contributed by atoms with Crippen LogP contribution in [0.3, 0.4) is 0 Å². The van der Waals surface area contributed by atoms with Gasteiger partial charge in [-0.1, -0.05) is 0 Å². The zero-order valence-corrected chi connectivity index (χ0v) is 12.5. The van der Waals surface area contributed by atoms with Crippen LogP contribution < -0.4 is 4.90 Å². The lowest BCUT2D eigenvalue weighted by molar-refractivity contribution is 0.416. The van der Waals surface area contributed by atoms with E-state index in [4.69, 9.17) is 4.42 Å². The molecule has 0 saturated carbocycles. The third-order valence-corrected chi connectivity index (χ3v) is 3.39. The first-order valence-corrected chi connectivity index (χ1v) is 6.89. The smallest absolute Gasteiger partial charge is 0.158 e. The van der Waals surface area contributed by atoms with E-state index in [9.17, 15) is 0 Å². The van der Waals surface area contributed by atoms with Gasteiger partial charge in [-0.25, -0.2) is 4.98 Å². The summed E-state index contributed by atoms with van der Waals surface area (Å²) < 4.78 is 7.31. The minimum atomic E-state index is 0.765. The normalized spacial score (nSPS) is 11.4. The van der Waals surface area contributed by atoms with Crippen molar-refractivity contribution in [2.24, 2.45) is 0 Å². The summed E-state index contributed by atoms with van der Waals surface area (Å²) in [6.07, 6.45) is 3.42. The van der Waals surface area contributed by atoms with Crippen molar-refractivity contribution in [2.45, 2.75) is 0 Å². The fourth-order valence-electron chi connectivity index (χ4n) is 2.18. The molecule has 0 bridgehead atoms. The highest BCUT2D eigenvalue weighted by Gasteiger charge is 2.13. The van der Waals surface area contributed by atoms with Gasteiger partial charge in [-0.2, -0.15) is 9.61 Å². The van der Waals surface area contributed by atoms with Gasteiger partial charge >= 0.3 is 0 Å². The second kappa shape index (κ2) is 5.57. The lowest BCUT2D eigenvalue weighted by Crippen LogP contribution is -2.29. The van der Waals surface area contributed by atoms with Crippen LogP contribution in [0.5, 0.6) is 0 Å². The van der Waals surface area contributed by atoms with Gasteiger partial charge in [-0.3, -0.25) is 0 Å². The van der Waals surface area contributed by atoms with Crippen LogP contribution in [-0.2, 0) is 0 Å². The molecule has 3 aromatic rings. The first-order valence-electron chi connectivity index (χ1n) is 6.89. The van der Waals surface area contributed by atoms with Crippen LogP contribution in [0, 0.1) is 0 Å². The summed E-state index contributed by atoms with van der Waals surface area (Å²) in [4.78, 5) is 8.92. The molecule has 3 rings (SSSR count). The maximum Gasteiger partial charge on any atom is 0.158 e. The van der Waals surface area contributed by atoms with Gasteiger partial charge in [0.2, 0.25) is 0 Å². The maximum absolute atomic E-state index is 5.46. The summed E-state index contributed by atoms with van der Waals surface area (Å²) in [5.41, 5.74) is 1.63. The van der Waals surface area contributed by atoms with E-state index in [0.29, 0.717) is 0 Å². The van der Waals surface area contributed by atoms with Gasteiger partial charge in [0, 0.05) is 32.3 Å². The van der Waals surface area contributed by atoms with Gasteiger partial charge in [-0.05, 0) is 26.2 Å². The van der Waals surface area contributed by atoms with E-state index < -0.39 is 0 Å². The second-order valence-corrected chi connectivity index (χ2v) is 5.30. The quantitative estimate of drug-likeness (QED) is 0.717. The van der Waals surface area contributed by atoms with E-state index >= 15 is 0 Å². The van der Waals surface area contributed by atoms with Crippen LogP contribution in [0.1, 0.15) is 0 Å². The van der Waals surface area contributed by atoms with Crippen LogP contribution in [0.15, 0.2) is 41.1 Å². The standard InChI is InChI=1S/C15H19N5O/c1-18(2)8-9-19(3)15-11-12(13-5-4-10-21-13)17-14-6-7-16-20(14)15/h4-7,10-11H,8-9H2,1-3H3. The molecule has 0 atom stereocenters. The highest BCUT2D eigenvalue weighted by atomic mass is 16.3. The molecule has 110 valence electrons. The Hall–Kier alpha value is -2.34. The summed E-state index contributed by atoms with van der Waals surface area (Å²) in [5, 5.41) is 4.36. The van der Waals surface area contributed by atoms with Crippen molar-refractivity contribution < 1.29 is 4.42 Å². The van der Waals surface area contributed by atoms with Crippen molar-refractivity contribution in [3.63, 3.8) is 0 Å². The monoisotopic (exact) mass is 285 g/mol. The number of furan rings is 1. The molecule has 0 aliphatic heterocycles. The Labute approximate surface area is 123 Å². The number of likely N-dealkylation sites (N-methyl/N-ethyl adjacent to an activating group) is 2. The Morgan fingerprint density at radius 2 is 2.05 bits per heavy atom. The SMILES string of the molecule is CN(C)CCN(C)c1cc(-c2ccco2)nc2ccnn12. The second-order valence-electron chi connectivity index (χ2n) is 5.30. The molecule has 0 unspecified atom stereocenters. The molecule has 0 radical (unpaired) electrons. The molecular formula is C15H19N5O. The van der Waals surface area contributed by atoms with Crippen LogP contribution in [0.4, 0.5) is 5.82 Å². The molecule has 0 saturated heterocycles. The Kier molecular flexibility index (Phi) is 3.62. The molecule has 0 aromatic carbocycles. The molecule has 6 nitrogen and oxygen atoms in total. The van der Waals surface area contributed by atoms with Crippen LogP contribution in [0.2, 0.25) is 0 Å². The lowest BCUT2D eigenvalue weighted by atomic mass is 10.3. The number of hydrogen-bond donors (Lipinski definition) is 0. The molecular weight excluding hydrogens is 266 g/mol. The minimum Gasteiger partial charge on any atom is -0.463 e. The zero-order chi connectivity index (χ0) is 14.8. The van der Waals surface area contributed by atoms with Crippen molar-refractivity contribution in [3.05, 3.63) is 36.7 Å². The van der Waals surface area contributed by atoms with Crippen LogP contribution >= 0.6 is 0 Å². The summed E-state index contributed by atoms with van der Waals surface area (Å²) in [6.45, 7) is 1.88. The summed E-state index contributed by atoms with van der Waals surface area (Å²) in [7, 11) is 6.20. The van der Waals surface area contributed by atoms with Crippen LogP contribution in [-0.4, -0.2) is 53.7 Å². The molecule has 3 aromatic heterocycles. The van der Waals surface area contributed by atoms with E-state index in [0.717, 1.165) is 36.0 Å². The fourth-order valence-corrected chi connectivity index (χ4v) is 2.18. The Balaban J connectivity index is 2.01. The molecule has 0 aliphatic carbocycles. The number of rotatable bonds is 5. The first-order chi connectivity index (χ1) is 10.1. The number of anilines is 1. The van der Waals surface area contributed by atoms with Crippen molar-refractivity contribution in [1.82, 2.24) is 19.5 Å². The van der Waals surface area contributed by atoms with E-state index in [1.807, 2.05) is 28.8 Å². The Morgan fingerprint density at radius 1 is 1.19 bits per heavy atom. The molecule has 0 spiro atoms. The largest absolute Gasteiger partial charge is 0.463 e. The molecule has 3 heterocycles. The fraction of sp³-hybridized carbons (Fsp3) is 0.333. The zero-order valence-electron chi connectivity index (χ0n) is 12.5. The van der Waals surface area contributed by atoms with Gasteiger partial charge in [0.1, 0.15) is 11.5 Å². The molecule has 0 amide bonds. The minimum absolute atomic E-state index is 0.765. The average molecular weight is 285 g/mol. The molecule has 0 fully saturated rings. The summed E-state index contributed by atoms with van der Waals surface area (Å²) >= 11 is 0. The molecule has 0 N–H and O–H groups in total. The van der Waals surface area contributed by atoms with Crippen molar-refractivity contribution >= 4 is 11.5 Å². The Bertz CT molecular complexity index is 717. The number of hydrogen-bond acceptors (Lipinski definition) is 5. The summed E-state index contributed by atoms with van der Waals surface area (Å²) in [6, 6.07) is 7.69. The van der Waals surface area contributed by atoms with Crippen molar-refractivity contribution in [1.29, 1.82) is 0 Å². The van der Waals surface area contributed by atoms with E-state index in [1.165, 1.54) is 0 Å².